The largest absolute Gasteiger partial charge is 0.417 e. The molecule has 1 aliphatic heterocycles. The average Bonchev–Trinajstić information content (AvgIpc) is 2.60. The minimum atomic E-state index is -0.631. The summed E-state index contributed by atoms with van der Waals surface area (Å²) >= 11 is 0. The van der Waals surface area contributed by atoms with Crippen molar-refractivity contribution in [3.63, 3.8) is 0 Å². The molecule has 0 saturated carbocycles. The summed E-state index contributed by atoms with van der Waals surface area (Å²) in [6.07, 6.45) is 0.758. The van der Waals surface area contributed by atoms with Crippen molar-refractivity contribution in [3.05, 3.63) is 81.7 Å². The fraction of sp³-hybridized carbons (Fsp3) is 0.158. The summed E-state index contributed by atoms with van der Waals surface area (Å²) < 4.78 is 18.6. The molecule has 0 saturated heterocycles. The van der Waals surface area contributed by atoms with E-state index in [-0.39, 0.29) is 17.1 Å². The highest BCUT2D eigenvalue weighted by molar-refractivity contribution is 5.95. The van der Waals surface area contributed by atoms with Gasteiger partial charge < -0.3 is 9.32 Å². The standard InChI is InChI=1S/C19H14FNO3/c20-15-5-6-16-14(9-15)10-17(24-19(16)23)18(22)21-8-7-12-3-1-2-4-13(12)11-21/h1-6,9-10H,7-8,11H2. The zero-order valence-electron chi connectivity index (χ0n) is 12.8. The maximum atomic E-state index is 13.4. The predicted octanol–water partition coefficient (Wildman–Crippen LogP) is 3.13. The summed E-state index contributed by atoms with van der Waals surface area (Å²) in [4.78, 5) is 26.4. The molecule has 0 spiro atoms. The van der Waals surface area contributed by atoms with Crippen LogP contribution in [0.15, 0.2) is 57.7 Å². The number of benzene rings is 2. The molecule has 0 fully saturated rings. The van der Waals surface area contributed by atoms with Gasteiger partial charge in [-0.1, -0.05) is 24.3 Å². The van der Waals surface area contributed by atoms with Crippen molar-refractivity contribution >= 4 is 16.7 Å². The van der Waals surface area contributed by atoms with Crippen molar-refractivity contribution in [2.45, 2.75) is 13.0 Å². The molecular formula is C19H14FNO3. The monoisotopic (exact) mass is 323 g/mol. The third-order valence-corrected chi connectivity index (χ3v) is 4.35. The van der Waals surface area contributed by atoms with E-state index in [2.05, 4.69) is 6.07 Å². The van der Waals surface area contributed by atoms with Crippen LogP contribution >= 0.6 is 0 Å². The maximum absolute atomic E-state index is 13.4. The number of fused-ring (bicyclic) bond motifs is 2. The fourth-order valence-corrected chi connectivity index (χ4v) is 3.09. The first-order chi connectivity index (χ1) is 11.6. The number of nitrogens with zero attached hydrogens (tertiary/aromatic N) is 1. The lowest BCUT2D eigenvalue weighted by Crippen LogP contribution is -2.36. The lowest BCUT2D eigenvalue weighted by atomic mass is 10.00. The van der Waals surface area contributed by atoms with Crippen LogP contribution in [0.1, 0.15) is 21.7 Å². The van der Waals surface area contributed by atoms with E-state index in [0.29, 0.717) is 18.5 Å². The molecule has 1 amide bonds. The molecule has 0 radical (unpaired) electrons. The second-order valence-electron chi connectivity index (χ2n) is 5.88. The minimum Gasteiger partial charge on any atom is -0.417 e. The number of hydrogen-bond donors (Lipinski definition) is 0. The average molecular weight is 323 g/mol. The van der Waals surface area contributed by atoms with E-state index < -0.39 is 11.4 Å². The highest BCUT2D eigenvalue weighted by atomic mass is 19.1. The van der Waals surface area contributed by atoms with Crippen LogP contribution in [0.25, 0.3) is 10.8 Å². The Morgan fingerprint density at radius 3 is 2.71 bits per heavy atom. The van der Waals surface area contributed by atoms with Crippen LogP contribution in [0.5, 0.6) is 0 Å². The van der Waals surface area contributed by atoms with Gasteiger partial charge >= 0.3 is 5.63 Å². The summed E-state index contributed by atoms with van der Waals surface area (Å²) in [5.41, 5.74) is 1.68. The van der Waals surface area contributed by atoms with Gasteiger partial charge in [-0.3, -0.25) is 4.79 Å². The van der Waals surface area contributed by atoms with Crippen LogP contribution in [0, 0.1) is 5.82 Å². The van der Waals surface area contributed by atoms with Crippen LogP contribution in [0.3, 0.4) is 0 Å². The van der Waals surface area contributed by atoms with E-state index >= 15 is 0 Å². The van der Waals surface area contributed by atoms with Gasteiger partial charge in [0, 0.05) is 13.1 Å². The van der Waals surface area contributed by atoms with Gasteiger partial charge in [0.2, 0.25) is 0 Å². The molecule has 2 heterocycles. The first-order valence-corrected chi connectivity index (χ1v) is 7.71. The van der Waals surface area contributed by atoms with E-state index in [1.165, 1.54) is 29.8 Å². The molecule has 1 aliphatic rings. The van der Waals surface area contributed by atoms with Crippen LogP contribution in [0.2, 0.25) is 0 Å². The Balaban J connectivity index is 1.70. The molecule has 4 nitrogen and oxygen atoms in total. The Labute approximate surface area is 137 Å². The molecule has 120 valence electrons. The number of rotatable bonds is 1. The van der Waals surface area contributed by atoms with E-state index in [9.17, 15) is 14.0 Å². The summed E-state index contributed by atoms with van der Waals surface area (Å²) in [5.74, 6) is -0.872. The molecule has 24 heavy (non-hydrogen) atoms. The van der Waals surface area contributed by atoms with Crippen molar-refractivity contribution in [1.82, 2.24) is 4.90 Å². The van der Waals surface area contributed by atoms with Crippen LogP contribution < -0.4 is 5.63 Å². The van der Waals surface area contributed by atoms with Gasteiger partial charge in [0.15, 0.2) is 5.76 Å². The molecule has 0 N–H and O–H groups in total. The first kappa shape index (κ1) is 14.6. The van der Waals surface area contributed by atoms with Gasteiger partial charge in [-0.25, -0.2) is 9.18 Å². The highest BCUT2D eigenvalue weighted by Crippen LogP contribution is 2.21. The van der Waals surface area contributed by atoms with Crippen LogP contribution in [-0.4, -0.2) is 17.4 Å². The van der Waals surface area contributed by atoms with Gasteiger partial charge in [-0.05, 0) is 47.2 Å². The third-order valence-electron chi connectivity index (χ3n) is 4.35. The second-order valence-corrected chi connectivity index (χ2v) is 5.88. The number of carbonyl (C=O) groups excluding carboxylic acids is 1. The molecular weight excluding hydrogens is 309 g/mol. The van der Waals surface area contributed by atoms with Crippen molar-refractivity contribution in [2.24, 2.45) is 0 Å². The van der Waals surface area contributed by atoms with Crippen LogP contribution in [-0.2, 0) is 13.0 Å². The normalized spacial score (nSPS) is 13.8. The predicted molar refractivity (Wildman–Crippen MR) is 87.3 cm³/mol. The van der Waals surface area contributed by atoms with E-state index in [4.69, 9.17) is 4.42 Å². The summed E-state index contributed by atoms with van der Waals surface area (Å²) in [5, 5.41) is 0.629. The third kappa shape index (κ3) is 2.48. The lowest BCUT2D eigenvalue weighted by molar-refractivity contribution is 0.0698. The fourth-order valence-electron chi connectivity index (χ4n) is 3.09. The molecule has 0 bridgehead atoms. The zero-order valence-corrected chi connectivity index (χ0v) is 12.8. The van der Waals surface area contributed by atoms with Crippen molar-refractivity contribution in [2.75, 3.05) is 6.54 Å². The Hall–Kier alpha value is -2.95. The number of hydrogen-bond acceptors (Lipinski definition) is 3. The smallest absolute Gasteiger partial charge is 0.344 e. The van der Waals surface area contributed by atoms with Crippen molar-refractivity contribution < 1.29 is 13.6 Å². The van der Waals surface area contributed by atoms with E-state index in [0.717, 1.165) is 12.0 Å². The van der Waals surface area contributed by atoms with Crippen LogP contribution in [0.4, 0.5) is 4.39 Å². The summed E-state index contributed by atoms with van der Waals surface area (Å²) in [6.45, 7) is 1.03. The summed E-state index contributed by atoms with van der Waals surface area (Å²) in [6, 6.07) is 13.2. The Bertz CT molecular complexity index is 1010. The molecule has 0 unspecified atom stereocenters. The molecule has 5 heteroatoms. The molecule has 0 atom stereocenters. The number of halogens is 1. The Morgan fingerprint density at radius 1 is 1.08 bits per heavy atom. The van der Waals surface area contributed by atoms with E-state index in [1.54, 1.807) is 4.90 Å². The molecule has 4 rings (SSSR count). The number of carbonyl (C=O) groups is 1. The first-order valence-electron chi connectivity index (χ1n) is 7.71. The Kier molecular flexibility index (Phi) is 3.41. The topological polar surface area (TPSA) is 50.5 Å². The molecule has 1 aromatic heterocycles. The van der Waals surface area contributed by atoms with Gasteiger partial charge in [0.25, 0.3) is 5.91 Å². The van der Waals surface area contributed by atoms with Gasteiger partial charge in [0.05, 0.1) is 5.39 Å². The lowest BCUT2D eigenvalue weighted by Gasteiger charge is -2.28. The second kappa shape index (κ2) is 5.60. The number of amides is 1. The van der Waals surface area contributed by atoms with Crippen molar-refractivity contribution in [3.8, 4) is 0 Å². The molecule has 0 aliphatic carbocycles. The minimum absolute atomic E-state index is 0.0579. The van der Waals surface area contributed by atoms with E-state index in [1.807, 2.05) is 18.2 Å². The van der Waals surface area contributed by atoms with Gasteiger partial charge in [0.1, 0.15) is 5.82 Å². The summed E-state index contributed by atoms with van der Waals surface area (Å²) in [7, 11) is 0. The zero-order chi connectivity index (χ0) is 16.7. The SMILES string of the molecule is O=C(c1cc2cc(F)ccc2c(=O)o1)N1CCc2ccccc2C1. The Morgan fingerprint density at radius 2 is 1.88 bits per heavy atom. The van der Waals surface area contributed by atoms with Gasteiger partial charge in [-0.15, -0.1) is 0 Å². The molecule has 2 aromatic carbocycles. The highest BCUT2D eigenvalue weighted by Gasteiger charge is 2.24. The van der Waals surface area contributed by atoms with Crippen molar-refractivity contribution in [1.29, 1.82) is 0 Å². The molecule has 3 aromatic rings. The quantitative estimate of drug-likeness (QED) is 0.691. The maximum Gasteiger partial charge on any atom is 0.344 e. The van der Waals surface area contributed by atoms with Gasteiger partial charge in [-0.2, -0.15) is 0 Å².